The lowest BCUT2D eigenvalue weighted by atomic mass is 9.98. The molecule has 1 amide bonds. The highest BCUT2D eigenvalue weighted by Gasteiger charge is 2.29. The minimum absolute atomic E-state index is 0.253. The van der Waals surface area contributed by atoms with E-state index in [1.807, 2.05) is 26.8 Å². The Morgan fingerprint density at radius 2 is 1.96 bits per heavy atom. The summed E-state index contributed by atoms with van der Waals surface area (Å²) in [6.45, 7) is 6.88. The van der Waals surface area contributed by atoms with Crippen molar-refractivity contribution in [1.82, 2.24) is 9.62 Å². The maximum atomic E-state index is 12.8. The van der Waals surface area contributed by atoms with Crippen molar-refractivity contribution in [1.29, 1.82) is 0 Å². The van der Waals surface area contributed by atoms with Crippen LogP contribution in [0.4, 0.5) is 4.79 Å². The molecule has 1 N–H and O–H groups in total. The Hall–Kier alpha value is -1.12. The van der Waals surface area contributed by atoms with Crippen molar-refractivity contribution in [2.24, 2.45) is 5.92 Å². The number of carbonyl (C=O) groups excluding carboxylic acids is 1. The molecule has 0 atom stereocenters. The van der Waals surface area contributed by atoms with Crippen molar-refractivity contribution in [3.05, 3.63) is 29.8 Å². The Morgan fingerprint density at radius 1 is 1.31 bits per heavy atom. The molecule has 0 saturated carbocycles. The van der Waals surface area contributed by atoms with Crippen LogP contribution in [0.1, 0.15) is 39.2 Å². The number of rotatable bonds is 5. The molecule has 1 aliphatic heterocycles. The smallest absolute Gasteiger partial charge is 0.407 e. The number of hydrogen-bond donors (Lipinski definition) is 1. The van der Waals surface area contributed by atoms with Gasteiger partial charge in [0.15, 0.2) is 0 Å². The Morgan fingerprint density at radius 3 is 2.54 bits per heavy atom. The van der Waals surface area contributed by atoms with Crippen LogP contribution >= 0.6 is 15.9 Å². The van der Waals surface area contributed by atoms with Crippen molar-refractivity contribution in [2.75, 3.05) is 19.6 Å². The van der Waals surface area contributed by atoms with Crippen LogP contribution in [0.2, 0.25) is 0 Å². The lowest BCUT2D eigenvalue weighted by Gasteiger charge is -2.31. The molecule has 0 aromatic heterocycles. The molecule has 26 heavy (non-hydrogen) atoms. The number of nitrogens with one attached hydrogen (secondary N) is 1. The molecule has 1 aliphatic rings. The number of nitrogens with zero attached hydrogens (tertiary/aromatic N) is 1. The van der Waals surface area contributed by atoms with E-state index in [4.69, 9.17) is 4.74 Å². The first-order chi connectivity index (χ1) is 12.1. The summed E-state index contributed by atoms with van der Waals surface area (Å²) in [7, 11) is -3.47. The van der Waals surface area contributed by atoms with Gasteiger partial charge in [0.1, 0.15) is 5.60 Å². The van der Waals surface area contributed by atoms with E-state index in [1.54, 1.807) is 18.2 Å². The van der Waals surface area contributed by atoms with E-state index in [1.165, 1.54) is 4.31 Å². The number of piperidine rings is 1. The number of hydrogen-bond acceptors (Lipinski definition) is 4. The van der Waals surface area contributed by atoms with E-state index >= 15 is 0 Å². The maximum Gasteiger partial charge on any atom is 0.407 e. The van der Waals surface area contributed by atoms with Crippen molar-refractivity contribution in [3.63, 3.8) is 0 Å². The Labute approximate surface area is 164 Å². The molecule has 1 heterocycles. The second-order valence-electron chi connectivity index (χ2n) is 7.51. The number of amides is 1. The van der Waals surface area contributed by atoms with E-state index in [0.717, 1.165) is 5.56 Å². The fraction of sp³-hybridized carbons (Fsp3) is 0.611. The van der Waals surface area contributed by atoms with Gasteiger partial charge in [-0.1, -0.05) is 28.1 Å². The minimum Gasteiger partial charge on any atom is -0.444 e. The third-order valence-corrected chi connectivity index (χ3v) is 6.74. The summed E-state index contributed by atoms with van der Waals surface area (Å²) >= 11 is 3.36. The summed E-state index contributed by atoms with van der Waals surface area (Å²) in [6, 6.07) is 7.00. The maximum absolute atomic E-state index is 12.8. The summed E-state index contributed by atoms with van der Waals surface area (Å²) in [5, 5.41) is 3.39. The molecule has 1 aromatic rings. The van der Waals surface area contributed by atoms with Crippen LogP contribution in [-0.2, 0) is 20.1 Å². The van der Waals surface area contributed by atoms with Crippen molar-refractivity contribution < 1.29 is 17.9 Å². The number of sulfonamides is 1. The zero-order valence-corrected chi connectivity index (χ0v) is 17.9. The number of halogens is 1. The summed E-state index contributed by atoms with van der Waals surface area (Å²) in [4.78, 5) is 12.1. The quantitative estimate of drug-likeness (QED) is 0.701. The predicted molar refractivity (Wildman–Crippen MR) is 105 cm³/mol. The largest absolute Gasteiger partial charge is 0.444 e. The standard InChI is InChI=1S/C18H27BrN2O4S/c1-18(2,3)25-17(22)20-13-14-7-9-21(10-8-14)26(23,24)16-6-4-5-15(11-16)12-19/h4-6,11,14H,7-10,12-13H2,1-3H3,(H,20,22). The van der Waals surface area contributed by atoms with Gasteiger partial charge in [-0.3, -0.25) is 0 Å². The van der Waals surface area contributed by atoms with Gasteiger partial charge in [0.05, 0.1) is 4.90 Å². The Balaban J connectivity index is 1.88. The van der Waals surface area contributed by atoms with Gasteiger partial charge in [-0.05, 0) is 57.2 Å². The molecule has 146 valence electrons. The van der Waals surface area contributed by atoms with Gasteiger partial charge in [0.2, 0.25) is 10.0 Å². The number of carbonyl (C=O) groups is 1. The molecule has 2 rings (SSSR count). The van der Waals surface area contributed by atoms with Gasteiger partial charge in [-0.2, -0.15) is 4.31 Å². The van der Waals surface area contributed by atoms with Gasteiger partial charge in [0, 0.05) is 25.0 Å². The highest BCUT2D eigenvalue weighted by atomic mass is 79.9. The lowest BCUT2D eigenvalue weighted by Crippen LogP contribution is -2.42. The number of benzene rings is 1. The molecule has 0 radical (unpaired) electrons. The van der Waals surface area contributed by atoms with E-state index in [-0.39, 0.29) is 5.92 Å². The molecule has 1 aromatic carbocycles. The molecule has 8 heteroatoms. The van der Waals surface area contributed by atoms with Crippen molar-refractivity contribution in [3.8, 4) is 0 Å². The van der Waals surface area contributed by atoms with Crippen LogP contribution in [0, 0.1) is 5.92 Å². The molecule has 0 spiro atoms. The molecule has 0 unspecified atom stereocenters. The molecule has 6 nitrogen and oxygen atoms in total. The van der Waals surface area contributed by atoms with Crippen LogP contribution in [0.25, 0.3) is 0 Å². The summed E-state index contributed by atoms with van der Waals surface area (Å²) in [5.74, 6) is 0.253. The second-order valence-corrected chi connectivity index (χ2v) is 10.0. The normalized spacial score (nSPS) is 17.1. The van der Waals surface area contributed by atoms with E-state index < -0.39 is 21.7 Å². The highest BCUT2D eigenvalue weighted by Crippen LogP contribution is 2.24. The lowest BCUT2D eigenvalue weighted by molar-refractivity contribution is 0.0513. The average molecular weight is 447 g/mol. The van der Waals surface area contributed by atoms with Crippen LogP contribution in [0.3, 0.4) is 0 Å². The van der Waals surface area contributed by atoms with Crippen molar-refractivity contribution in [2.45, 2.75) is 49.4 Å². The summed E-state index contributed by atoms with van der Waals surface area (Å²) in [5.41, 5.74) is 0.410. The van der Waals surface area contributed by atoms with Gasteiger partial charge in [0.25, 0.3) is 0 Å². The first-order valence-electron chi connectivity index (χ1n) is 8.74. The number of ether oxygens (including phenoxy) is 1. The van der Waals surface area contributed by atoms with Crippen LogP contribution < -0.4 is 5.32 Å². The van der Waals surface area contributed by atoms with E-state index in [2.05, 4.69) is 21.2 Å². The van der Waals surface area contributed by atoms with Gasteiger partial charge >= 0.3 is 6.09 Å². The van der Waals surface area contributed by atoms with Gasteiger partial charge < -0.3 is 10.1 Å². The Kier molecular flexibility index (Phi) is 7.10. The average Bonchev–Trinajstić information content (AvgIpc) is 2.59. The topological polar surface area (TPSA) is 75.7 Å². The summed E-state index contributed by atoms with van der Waals surface area (Å²) < 4.78 is 32.4. The highest BCUT2D eigenvalue weighted by molar-refractivity contribution is 9.08. The fourth-order valence-corrected chi connectivity index (χ4v) is 4.72. The van der Waals surface area contributed by atoms with Gasteiger partial charge in [-0.25, -0.2) is 13.2 Å². The number of alkyl carbamates (subject to hydrolysis) is 1. The number of alkyl halides is 1. The SMILES string of the molecule is CC(C)(C)OC(=O)NCC1CCN(S(=O)(=O)c2cccc(CBr)c2)CC1. The molecule has 0 bridgehead atoms. The monoisotopic (exact) mass is 446 g/mol. The third-order valence-electron chi connectivity index (χ3n) is 4.20. The zero-order chi connectivity index (χ0) is 19.4. The third kappa shape index (κ3) is 5.96. The zero-order valence-electron chi connectivity index (χ0n) is 15.5. The molecular formula is C18H27BrN2O4S. The molecule has 1 fully saturated rings. The molecule has 0 aliphatic carbocycles. The molecule has 1 saturated heterocycles. The second kappa shape index (κ2) is 8.71. The van der Waals surface area contributed by atoms with Crippen LogP contribution in [0.5, 0.6) is 0 Å². The van der Waals surface area contributed by atoms with Crippen LogP contribution in [0.15, 0.2) is 29.2 Å². The first kappa shape index (κ1) is 21.2. The van der Waals surface area contributed by atoms with Crippen molar-refractivity contribution >= 4 is 32.0 Å². The fourth-order valence-electron chi connectivity index (χ4n) is 2.83. The Bertz CT molecular complexity index is 723. The van der Waals surface area contributed by atoms with Crippen LogP contribution in [-0.4, -0.2) is 44.1 Å². The van der Waals surface area contributed by atoms with E-state index in [0.29, 0.717) is 42.7 Å². The minimum atomic E-state index is -3.47. The van der Waals surface area contributed by atoms with Gasteiger partial charge in [-0.15, -0.1) is 0 Å². The predicted octanol–water partition coefficient (Wildman–Crippen LogP) is 3.51. The molecular weight excluding hydrogens is 420 g/mol. The van der Waals surface area contributed by atoms with E-state index in [9.17, 15) is 13.2 Å². The first-order valence-corrected chi connectivity index (χ1v) is 11.3. The summed E-state index contributed by atoms with van der Waals surface area (Å²) in [6.07, 6.45) is 1.000.